The standard InChI is InChI=1S/C17H30N4O3/c1-4-15(11-22)20-17(23)18-9-14-5-7-21(8-6-14)10-16-19-12(2)13(3)24-16/h14-15,22H,4-11H2,1-3H3,(H2,18,20,23). The Morgan fingerprint density at radius 2 is 2.12 bits per heavy atom. The van der Waals surface area contributed by atoms with E-state index in [0.29, 0.717) is 12.5 Å². The van der Waals surface area contributed by atoms with Gasteiger partial charge in [0.05, 0.1) is 24.9 Å². The molecule has 7 nitrogen and oxygen atoms in total. The number of likely N-dealkylation sites (tertiary alicyclic amines) is 1. The van der Waals surface area contributed by atoms with Gasteiger partial charge in [-0.15, -0.1) is 0 Å². The van der Waals surface area contributed by atoms with Gasteiger partial charge in [0.25, 0.3) is 0 Å². The summed E-state index contributed by atoms with van der Waals surface area (Å²) in [4.78, 5) is 18.6. The molecule has 0 aliphatic carbocycles. The number of piperidine rings is 1. The fourth-order valence-electron chi connectivity index (χ4n) is 2.90. The van der Waals surface area contributed by atoms with Crippen LogP contribution in [0.15, 0.2) is 4.42 Å². The highest BCUT2D eigenvalue weighted by Crippen LogP contribution is 2.19. The predicted octanol–water partition coefficient (Wildman–Crippen LogP) is 1.57. The number of carbonyl (C=O) groups excluding carboxylic acids is 1. The van der Waals surface area contributed by atoms with Crippen LogP contribution in [0.1, 0.15) is 43.5 Å². The first-order chi connectivity index (χ1) is 11.5. The highest BCUT2D eigenvalue weighted by Gasteiger charge is 2.21. The quantitative estimate of drug-likeness (QED) is 0.702. The van der Waals surface area contributed by atoms with E-state index in [1.165, 1.54) is 0 Å². The predicted molar refractivity (Wildman–Crippen MR) is 91.7 cm³/mol. The third kappa shape index (κ3) is 5.49. The lowest BCUT2D eigenvalue weighted by molar-refractivity contribution is 0.161. The lowest BCUT2D eigenvalue weighted by Gasteiger charge is -2.31. The van der Waals surface area contributed by atoms with Crippen LogP contribution < -0.4 is 10.6 Å². The molecule has 2 amide bonds. The van der Waals surface area contributed by atoms with Crippen molar-refractivity contribution in [2.45, 2.75) is 52.6 Å². The Bertz CT molecular complexity index is 500. The van der Waals surface area contributed by atoms with Gasteiger partial charge in [-0.1, -0.05) is 6.92 Å². The minimum absolute atomic E-state index is 0.0257. The zero-order valence-electron chi connectivity index (χ0n) is 15.0. The van der Waals surface area contributed by atoms with Crippen LogP contribution in [0.25, 0.3) is 0 Å². The van der Waals surface area contributed by atoms with Gasteiger partial charge in [-0.3, -0.25) is 4.90 Å². The first-order valence-corrected chi connectivity index (χ1v) is 8.82. The fourth-order valence-corrected chi connectivity index (χ4v) is 2.90. The summed E-state index contributed by atoms with van der Waals surface area (Å²) in [7, 11) is 0. The SMILES string of the molecule is CCC(CO)NC(=O)NCC1CCN(Cc2nc(C)c(C)o2)CC1. The number of aliphatic hydroxyl groups excluding tert-OH is 1. The molecule has 1 aromatic rings. The summed E-state index contributed by atoms with van der Waals surface area (Å²) in [5, 5.41) is 14.8. The molecule has 136 valence electrons. The lowest BCUT2D eigenvalue weighted by atomic mass is 9.97. The molecule has 7 heteroatoms. The van der Waals surface area contributed by atoms with Crippen molar-refractivity contribution in [1.29, 1.82) is 0 Å². The second-order valence-electron chi connectivity index (χ2n) is 6.61. The molecule has 1 saturated heterocycles. The van der Waals surface area contributed by atoms with Crippen molar-refractivity contribution >= 4 is 6.03 Å². The summed E-state index contributed by atoms with van der Waals surface area (Å²) in [6.07, 6.45) is 2.83. The molecule has 0 bridgehead atoms. The topological polar surface area (TPSA) is 90.6 Å². The van der Waals surface area contributed by atoms with E-state index in [-0.39, 0.29) is 18.7 Å². The number of aryl methyl sites for hydroxylation is 2. The number of amides is 2. The zero-order valence-corrected chi connectivity index (χ0v) is 15.0. The van der Waals surface area contributed by atoms with Crippen molar-refractivity contribution in [1.82, 2.24) is 20.5 Å². The molecule has 1 atom stereocenters. The average Bonchev–Trinajstić information content (AvgIpc) is 2.89. The van der Waals surface area contributed by atoms with Gasteiger partial charge in [0.1, 0.15) is 5.76 Å². The van der Waals surface area contributed by atoms with Gasteiger partial charge in [-0.2, -0.15) is 0 Å². The fraction of sp³-hybridized carbons (Fsp3) is 0.765. The van der Waals surface area contributed by atoms with E-state index in [9.17, 15) is 4.79 Å². The molecule has 0 saturated carbocycles. The molecule has 24 heavy (non-hydrogen) atoms. The summed E-state index contributed by atoms with van der Waals surface area (Å²) in [5.74, 6) is 2.17. The molecule has 3 N–H and O–H groups in total. The zero-order chi connectivity index (χ0) is 17.5. The highest BCUT2D eigenvalue weighted by atomic mass is 16.4. The number of rotatable bonds is 7. The molecule has 0 aromatic carbocycles. The molecule has 0 spiro atoms. The van der Waals surface area contributed by atoms with Crippen molar-refractivity contribution in [3.8, 4) is 0 Å². The third-order valence-corrected chi connectivity index (χ3v) is 4.74. The van der Waals surface area contributed by atoms with Crippen LogP contribution in [-0.2, 0) is 6.54 Å². The summed E-state index contributed by atoms with van der Waals surface area (Å²) >= 11 is 0. The number of oxazole rings is 1. The van der Waals surface area contributed by atoms with Crippen molar-refractivity contribution in [2.75, 3.05) is 26.2 Å². The van der Waals surface area contributed by atoms with E-state index in [0.717, 1.165) is 56.2 Å². The first kappa shape index (κ1) is 18.7. The Morgan fingerprint density at radius 1 is 1.42 bits per heavy atom. The second-order valence-corrected chi connectivity index (χ2v) is 6.61. The van der Waals surface area contributed by atoms with E-state index in [4.69, 9.17) is 9.52 Å². The van der Waals surface area contributed by atoms with Crippen LogP contribution in [-0.4, -0.2) is 53.3 Å². The monoisotopic (exact) mass is 338 g/mol. The minimum atomic E-state index is -0.191. The van der Waals surface area contributed by atoms with Crippen molar-refractivity contribution < 1.29 is 14.3 Å². The van der Waals surface area contributed by atoms with Gasteiger partial charge in [0, 0.05) is 6.54 Å². The summed E-state index contributed by atoms with van der Waals surface area (Å²) in [6.45, 7) is 9.23. The molecule has 1 aromatic heterocycles. The van der Waals surface area contributed by atoms with Gasteiger partial charge in [-0.25, -0.2) is 9.78 Å². The number of hydrogen-bond donors (Lipinski definition) is 3. The maximum Gasteiger partial charge on any atom is 0.315 e. The Morgan fingerprint density at radius 3 is 2.67 bits per heavy atom. The van der Waals surface area contributed by atoms with Crippen molar-refractivity contribution in [2.24, 2.45) is 5.92 Å². The Labute approximate surface area is 143 Å². The Hall–Kier alpha value is -1.60. The van der Waals surface area contributed by atoms with Gasteiger partial charge in [-0.05, 0) is 52.1 Å². The van der Waals surface area contributed by atoms with Crippen LogP contribution in [0.4, 0.5) is 4.79 Å². The summed E-state index contributed by atoms with van der Waals surface area (Å²) in [5.41, 5.74) is 0.961. The molecule has 1 aliphatic heterocycles. The normalized spacial score (nSPS) is 17.7. The summed E-state index contributed by atoms with van der Waals surface area (Å²) in [6, 6.07) is -0.358. The number of hydrogen-bond acceptors (Lipinski definition) is 5. The Kier molecular flexibility index (Phi) is 7.05. The maximum absolute atomic E-state index is 11.8. The molecule has 1 unspecified atom stereocenters. The van der Waals surface area contributed by atoms with Crippen LogP contribution >= 0.6 is 0 Å². The molecule has 0 radical (unpaired) electrons. The third-order valence-electron chi connectivity index (χ3n) is 4.74. The Balaban J connectivity index is 1.66. The molecule has 1 fully saturated rings. The van der Waals surface area contributed by atoms with Crippen LogP contribution in [0.5, 0.6) is 0 Å². The van der Waals surface area contributed by atoms with E-state index >= 15 is 0 Å². The van der Waals surface area contributed by atoms with E-state index < -0.39 is 0 Å². The number of aromatic nitrogens is 1. The second kappa shape index (κ2) is 9.03. The largest absolute Gasteiger partial charge is 0.444 e. The van der Waals surface area contributed by atoms with Gasteiger partial charge in [0.15, 0.2) is 0 Å². The number of nitrogens with one attached hydrogen (secondary N) is 2. The van der Waals surface area contributed by atoms with Crippen molar-refractivity contribution in [3.63, 3.8) is 0 Å². The van der Waals surface area contributed by atoms with Gasteiger partial charge in [0.2, 0.25) is 5.89 Å². The number of urea groups is 1. The maximum atomic E-state index is 11.8. The number of aliphatic hydroxyl groups is 1. The van der Waals surface area contributed by atoms with Crippen LogP contribution in [0.3, 0.4) is 0 Å². The lowest BCUT2D eigenvalue weighted by Crippen LogP contribution is -2.46. The highest BCUT2D eigenvalue weighted by molar-refractivity contribution is 5.74. The van der Waals surface area contributed by atoms with Crippen molar-refractivity contribution in [3.05, 3.63) is 17.3 Å². The summed E-state index contributed by atoms with van der Waals surface area (Å²) < 4.78 is 5.64. The first-order valence-electron chi connectivity index (χ1n) is 8.82. The van der Waals surface area contributed by atoms with E-state index in [2.05, 4.69) is 20.5 Å². The van der Waals surface area contributed by atoms with Crippen LogP contribution in [0.2, 0.25) is 0 Å². The van der Waals surface area contributed by atoms with Gasteiger partial charge >= 0.3 is 6.03 Å². The van der Waals surface area contributed by atoms with Gasteiger partial charge < -0.3 is 20.2 Å². The minimum Gasteiger partial charge on any atom is -0.444 e. The smallest absolute Gasteiger partial charge is 0.315 e. The van der Waals surface area contributed by atoms with E-state index in [1.807, 2.05) is 20.8 Å². The number of carbonyl (C=O) groups is 1. The van der Waals surface area contributed by atoms with E-state index in [1.54, 1.807) is 0 Å². The molecular weight excluding hydrogens is 308 g/mol. The average molecular weight is 338 g/mol. The molecule has 1 aliphatic rings. The molecule has 2 rings (SSSR count). The molecule has 2 heterocycles. The molecular formula is C17H30N4O3. The number of nitrogens with zero attached hydrogens (tertiary/aromatic N) is 2. The van der Waals surface area contributed by atoms with Crippen LogP contribution in [0, 0.1) is 19.8 Å².